The molecule has 3 rings (SSSR count). The fourth-order valence-electron chi connectivity index (χ4n) is 3.06. The van der Waals surface area contributed by atoms with Gasteiger partial charge in [-0.3, -0.25) is 9.69 Å². The largest absolute Gasteiger partial charge is 0.377 e. The van der Waals surface area contributed by atoms with Gasteiger partial charge in [0.05, 0.1) is 6.10 Å². The predicted molar refractivity (Wildman–Crippen MR) is 87.5 cm³/mol. The molecule has 0 aliphatic carbocycles. The second kappa shape index (κ2) is 7.56. The molecule has 1 aromatic rings. The number of piperazine rings is 1. The van der Waals surface area contributed by atoms with Crippen LogP contribution in [-0.2, 0) is 9.53 Å². The number of rotatable bonds is 4. The Kier molecular flexibility index (Phi) is 5.24. The van der Waals surface area contributed by atoms with Crippen molar-refractivity contribution >= 4 is 12.0 Å². The van der Waals surface area contributed by atoms with E-state index in [4.69, 9.17) is 4.74 Å². The minimum absolute atomic E-state index is 0.112. The van der Waals surface area contributed by atoms with Gasteiger partial charge in [-0.15, -0.1) is 0 Å². The van der Waals surface area contributed by atoms with Gasteiger partial charge in [-0.05, 0) is 24.5 Å². The molecule has 1 unspecified atom stereocenters. The smallest absolute Gasteiger partial charge is 0.246 e. The molecule has 2 aliphatic rings. The molecular formula is C18H24N2O2. The van der Waals surface area contributed by atoms with Crippen LogP contribution in [0, 0.1) is 0 Å². The molecule has 0 bridgehead atoms. The first-order chi connectivity index (χ1) is 10.8. The number of hydrogen-bond donors (Lipinski definition) is 0. The third-order valence-electron chi connectivity index (χ3n) is 4.39. The van der Waals surface area contributed by atoms with Crippen LogP contribution < -0.4 is 0 Å². The highest BCUT2D eigenvalue weighted by atomic mass is 16.5. The summed E-state index contributed by atoms with van der Waals surface area (Å²) in [5.41, 5.74) is 1.06. The molecule has 4 heteroatoms. The van der Waals surface area contributed by atoms with Gasteiger partial charge in [-0.1, -0.05) is 30.3 Å². The van der Waals surface area contributed by atoms with E-state index < -0.39 is 0 Å². The lowest BCUT2D eigenvalue weighted by molar-refractivity contribution is -0.127. The Labute approximate surface area is 132 Å². The summed E-state index contributed by atoms with van der Waals surface area (Å²) in [5.74, 6) is 0.112. The first-order valence-electron chi connectivity index (χ1n) is 8.17. The van der Waals surface area contributed by atoms with E-state index in [1.54, 1.807) is 6.08 Å². The maximum absolute atomic E-state index is 12.2. The molecule has 2 saturated heterocycles. The van der Waals surface area contributed by atoms with Gasteiger partial charge in [0.1, 0.15) is 0 Å². The lowest BCUT2D eigenvalue weighted by Crippen LogP contribution is -2.50. The zero-order valence-corrected chi connectivity index (χ0v) is 13.0. The van der Waals surface area contributed by atoms with E-state index >= 15 is 0 Å². The minimum atomic E-state index is 0.112. The van der Waals surface area contributed by atoms with E-state index in [1.807, 2.05) is 41.3 Å². The van der Waals surface area contributed by atoms with Crippen LogP contribution in [-0.4, -0.2) is 61.1 Å². The molecule has 118 valence electrons. The van der Waals surface area contributed by atoms with Crippen molar-refractivity contribution in [3.8, 4) is 0 Å². The second-order valence-electron chi connectivity index (χ2n) is 6.00. The van der Waals surface area contributed by atoms with Crippen LogP contribution in [0.3, 0.4) is 0 Å². The Balaban J connectivity index is 1.44. The average molecular weight is 300 g/mol. The Morgan fingerprint density at radius 1 is 1.18 bits per heavy atom. The van der Waals surface area contributed by atoms with E-state index in [2.05, 4.69) is 4.90 Å². The Bertz CT molecular complexity index is 501. The average Bonchev–Trinajstić information content (AvgIpc) is 3.07. The highest BCUT2D eigenvalue weighted by Gasteiger charge is 2.23. The lowest BCUT2D eigenvalue weighted by atomic mass is 10.2. The van der Waals surface area contributed by atoms with Crippen molar-refractivity contribution in [3.63, 3.8) is 0 Å². The number of benzene rings is 1. The van der Waals surface area contributed by atoms with Crippen molar-refractivity contribution in [1.29, 1.82) is 0 Å². The lowest BCUT2D eigenvalue weighted by Gasteiger charge is -2.35. The van der Waals surface area contributed by atoms with Crippen LogP contribution in [0.4, 0.5) is 0 Å². The molecule has 2 heterocycles. The van der Waals surface area contributed by atoms with Crippen LogP contribution in [0.1, 0.15) is 18.4 Å². The second-order valence-corrected chi connectivity index (χ2v) is 6.00. The summed E-state index contributed by atoms with van der Waals surface area (Å²) in [6.45, 7) is 5.44. The third-order valence-corrected chi connectivity index (χ3v) is 4.39. The number of ether oxygens (including phenoxy) is 1. The van der Waals surface area contributed by atoms with Crippen molar-refractivity contribution in [2.24, 2.45) is 0 Å². The molecule has 1 aromatic carbocycles. The molecule has 0 aromatic heterocycles. The number of amides is 1. The molecule has 1 amide bonds. The maximum Gasteiger partial charge on any atom is 0.246 e. The summed E-state index contributed by atoms with van der Waals surface area (Å²) in [6, 6.07) is 9.95. The summed E-state index contributed by atoms with van der Waals surface area (Å²) in [7, 11) is 0. The standard InChI is InChI=1S/C18H24N2O2/c21-18(9-8-16-5-2-1-3-6-16)20-12-10-19(11-13-20)15-17-7-4-14-22-17/h1-3,5-6,8-9,17H,4,7,10-15H2. The van der Waals surface area contributed by atoms with Crippen LogP contribution in [0.5, 0.6) is 0 Å². The minimum Gasteiger partial charge on any atom is -0.377 e. The SMILES string of the molecule is O=C(C=Cc1ccccc1)N1CCN(CC2CCCO2)CC1. The highest BCUT2D eigenvalue weighted by molar-refractivity contribution is 5.91. The van der Waals surface area contributed by atoms with Gasteiger partial charge >= 0.3 is 0 Å². The quantitative estimate of drug-likeness (QED) is 0.798. The third kappa shape index (κ3) is 4.18. The number of carbonyl (C=O) groups is 1. The normalized spacial score (nSPS) is 23.3. The van der Waals surface area contributed by atoms with E-state index in [0.29, 0.717) is 6.10 Å². The molecule has 0 N–H and O–H groups in total. The van der Waals surface area contributed by atoms with Gasteiger partial charge in [0.15, 0.2) is 0 Å². The zero-order valence-electron chi connectivity index (χ0n) is 13.0. The topological polar surface area (TPSA) is 32.8 Å². The fraction of sp³-hybridized carbons (Fsp3) is 0.500. The van der Waals surface area contributed by atoms with Crippen molar-refractivity contribution in [2.75, 3.05) is 39.3 Å². The molecule has 1 atom stereocenters. The molecule has 4 nitrogen and oxygen atoms in total. The van der Waals surface area contributed by atoms with Crippen LogP contribution >= 0.6 is 0 Å². The Hall–Kier alpha value is -1.65. The molecule has 2 aliphatic heterocycles. The predicted octanol–water partition coefficient (Wildman–Crippen LogP) is 2.02. The van der Waals surface area contributed by atoms with Gasteiger partial charge in [0.25, 0.3) is 0 Å². The first kappa shape index (κ1) is 15.3. The summed E-state index contributed by atoms with van der Waals surface area (Å²) in [6.07, 6.45) is 6.35. The molecule has 0 spiro atoms. The van der Waals surface area contributed by atoms with Gasteiger partial charge in [0.2, 0.25) is 5.91 Å². The van der Waals surface area contributed by atoms with Gasteiger partial charge < -0.3 is 9.64 Å². The maximum atomic E-state index is 12.2. The Morgan fingerprint density at radius 3 is 2.64 bits per heavy atom. The molecule has 2 fully saturated rings. The van der Waals surface area contributed by atoms with E-state index in [9.17, 15) is 4.79 Å². The van der Waals surface area contributed by atoms with Crippen LogP contribution in [0.2, 0.25) is 0 Å². The zero-order chi connectivity index (χ0) is 15.2. The summed E-state index contributed by atoms with van der Waals surface area (Å²) < 4.78 is 5.68. The van der Waals surface area contributed by atoms with Gasteiger partial charge in [-0.25, -0.2) is 0 Å². The Morgan fingerprint density at radius 2 is 1.95 bits per heavy atom. The van der Waals surface area contributed by atoms with Crippen molar-refractivity contribution < 1.29 is 9.53 Å². The van der Waals surface area contributed by atoms with Crippen LogP contribution in [0.25, 0.3) is 6.08 Å². The first-order valence-corrected chi connectivity index (χ1v) is 8.17. The van der Waals surface area contributed by atoms with E-state index in [0.717, 1.165) is 44.9 Å². The summed E-state index contributed by atoms with van der Waals surface area (Å²) in [5, 5.41) is 0. The summed E-state index contributed by atoms with van der Waals surface area (Å²) >= 11 is 0. The molecule has 0 radical (unpaired) electrons. The van der Waals surface area contributed by atoms with E-state index in [-0.39, 0.29) is 5.91 Å². The monoisotopic (exact) mass is 300 g/mol. The number of carbonyl (C=O) groups excluding carboxylic acids is 1. The van der Waals surface area contributed by atoms with Gasteiger partial charge in [-0.2, -0.15) is 0 Å². The fourth-order valence-corrected chi connectivity index (χ4v) is 3.06. The van der Waals surface area contributed by atoms with Crippen molar-refractivity contribution in [3.05, 3.63) is 42.0 Å². The van der Waals surface area contributed by atoms with Crippen molar-refractivity contribution in [1.82, 2.24) is 9.80 Å². The molecular weight excluding hydrogens is 276 g/mol. The van der Waals surface area contributed by atoms with Crippen LogP contribution in [0.15, 0.2) is 36.4 Å². The highest BCUT2D eigenvalue weighted by Crippen LogP contribution is 2.14. The number of nitrogens with zero attached hydrogens (tertiary/aromatic N) is 2. The molecule has 22 heavy (non-hydrogen) atoms. The van der Waals surface area contributed by atoms with Gasteiger partial charge in [0, 0.05) is 45.4 Å². The van der Waals surface area contributed by atoms with E-state index in [1.165, 1.54) is 12.8 Å². The summed E-state index contributed by atoms with van der Waals surface area (Å²) in [4.78, 5) is 16.6. The van der Waals surface area contributed by atoms with Crippen molar-refractivity contribution in [2.45, 2.75) is 18.9 Å². The number of hydrogen-bond acceptors (Lipinski definition) is 3. The molecule has 0 saturated carbocycles.